The number of nitrogen functional groups attached to an aromatic ring is 1. The second-order valence-electron chi connectivity index (χ2n) is 3.76. The van der Waals surface area contributed by atoms with Gasteiger partial charge in [0, 0.05) is 0 Å². The van der Waals surface area contributed by atoms with E-state index in [9.17, 15) is 10.2 Å². The third kappa shape index (κ3) is 2.73. The zero-order valence-corrected chi connectivity index (χ0v) is 10.9. The van der Waals surface area contributed by atoms with Gasteiger partial charge < -0.3 is 21.1 Å². The van der Waals surface area contributed by atoms with Gasteiger partial charge in [-0.1, -0.05) is 11.8 Å². The molecule has 0 aliphatic rings. The summed E-state index contributed by atoms with van der Waals surface area (Å²) in [5, 5.41) is 28.4. The van der Waals surface area contributed by atoms with Gasteiger partial charge in [-0.25, -0.2) is 19.9 Å². The lowest BCUT2D eigenvalue weighted by atomic mass is 10.1. The van der Waals surface area contributed by atoms with Gasteiger partial charge in [-0.3, -0.25) is 0 Å². The first-order valence-electron chi connectivity index (χ1n) is 5.38. The number of nitrogens with zero attached hydrogens (tertiary/aromatic N) is 4. The van der Waals surface area contributed by atoms with Gasteiger partial charge in [0.1, 0.15) is 12.2 Å². The average Bonchev–Trinajstić information content (AvgIpc) is 2.45. The molecular formula is C10H13N5O3S. The van der Waals surface area contributed by atoms with Gasteiger partial charge in [0.15, 0.2) is 22.1 Å². The van der Waals surface area contributed by atoms with E-state index in [4.69, 9.17) is 10.8 Å². The Morgan fingerprint density at radius 3 is 2.68 bits per heavy atom. The minimum absolute atomic E-state index is 0.0984. The Balaban J connectivity index is 2.49. The van der Waals surface area contributed by atoms with Gasteiger partial charge in [0.2, 0.25) is 0 Å². The first-order valence-corrected chi connectivity index (χ1v) is 6.60. The minimum Gasteiger partial charge on any atom is -0.394 e. The lowest BCUT2D eigenvalue weighted by Crippen LogP contribution is -2.23. The van der Waals surface area contributed by atoms with E-state index in [-0.39, 0.29) is 17.0 Å². The van der Waals surface area contributed by atoms with Gasteiger partial charge in [-0.05, 0) is 6.26 Å². The lowest BCUT2D eigenvalue weighted by Gasteiger charge is -2.14. The van der Waals surface area contributed by atoms with Crippen LogP contribution in [0, 0.1) is 0 Å². The Labute approximate surface area is 112 Å². The molecule has 0 saturated heterocycles. The molecule has 0 aliphatic carbocycles. The molecule has 0 aliphatic heterocycles. The summed E-state index contributed by atoms with van der Waals surface area (Å²) in [4.78, 5) is 16.2. The molecule has 2 aromatic rings. The summed E-state index contributed by atoms with van der Waals surface area (Å²) >= 11 is 1.32. The molecule has 0 saturated carbocycles. The molecule has 2 atom stereocenters. The average molecular weight is 283 g/mol. The summed E-state index contributed by atoms with van der Waals surface area (Å²) in [6, 6.07) is 0. The van der Waals surface area contributed by atoms with Crippen molar-refractivity contribution in [3.8, 4) is 0 Å². The maximum absolute atomic E-state index is 9.74. The molecule has 0 fully saturated rings. The van der Waals surface area contributed by atoms with Crippen LogP contribution < -0.4 is 5.73 Å². The highest BCUT2D eigenvalue weighted by Crippen LogP contribution is 2.21. The monoisotopic (exact) mass is 283 g/mol. The Morgan fingerprint density at radius 2 is 2.05 bits per heavy atom. The van der Waals surface area contributed by atoms with Gasteiger partial charge in [0.25, 0.3) is 0 Å². The van der Waals surface area contributed by atoms with E-state index in [0.29, 0.717) is 10.8 Å². The Hall–Kier alpha value is -1.55. The highest BCUT2D eigenvalue weighted by molar-refractivity contribution is 7.98. The standard InChI is InChI=1S/C10H13N5O3S/c1-19-10-14-8(11)6-9(15-10)12-2-4(13-6)7(18)5(17)3-16/h2,5,7,16-18H,3H2,1H3,(H2,11,12,14,15)/t5-,7+/m1/s1. The van der Waals surface area contributed by atoms with E-state index in [0.717, 1.165) is 0 Å². The number of nitrogens with two attached hydrogens (primary N) is 1. The van der Waals surface area contributed by atoms with Crippen molar-refractivity contribution >= 4 is 28.7 Å². The smallest absolute Gasteiger partial charge is 0.191 e. The first-order chi connectivity index (χ1) is 9.06. The number of hydrogen-bond acceptors (Lipinski definition) is 9. The molecule has 0 bridgehead atoms. The summed E-state index contributed by atoms with van der Waals surface area (Å²) < 4.78 is 0. The predicted molar refractivity (Wildman–Crippen MR) is 69.4 cm³/mol. The third-order valence-electron chi connectivity index (χ3n) is 2.47. The zero-order valence-electron chi connectivity index (χ0n) is 10.1. The van der Waals surface area contributed by atoms with Crippen molar-refractivity contribution in [1.29, 1.82) is 0 Å². The molecule has 2 aromatic heterocycles. The topological polar surface area (TPSA) is 138 Å². The Morgan fingerprint density at radius 1 is 1.32 bits per heavy atom. The fourth-order valence-electron chi connectivity index (χ4n) is 1.45. The normalized spacial score (nSPS) is 14.5. The van der Waals surface area contributed by atoms with E-state index >= 15 is 0 Å². The number of anilines is 1. The van der Waals surface area contributed by atoms with Crippen molar-refractivity contribution in [2.45, 2.75) is 17.4 Å². The van der Waals surface area contributed by atoms with E-state index in [2.05, 4.69) is 19.9 Å². The summed E-state index contributed by atoms with van der Waals surface area (Å²) in [6.45, 7) is -0.585. The SMILES string of the molecule is CSc1nc(N)c2nc([C@H](O)[C@H](O)CO)cnc2n1. The van der Waals surface area contributed by atoms with Crippen molar-refractivity contribution in [3.63, 3.8) is 0 Å². The predicted octanol–water partition coefficient (Wildman–Crippen LogP) is -0.890. The summed E-state index contributed by atoms with van der Waals surface area (Å²) in [7, 11) is 0. The van der Waals surface area contributed by atoms with Crippen LogP contribution in [-0.2, 0) is 0 Å². The fraction of sp³-hybridized carbons (Fsp3) is 0.400. The van der Waals surface area contributed by atoms with Crippen LogP contribution in [0.15, 0.2) is 11.4 Å². The quantitative estimate of drug-likeness (QED) is 0.415. The fourth-order valence-corrected chi connectivity index (χ4v) is 1.82. The summed E-state index contributed by atoms with van der Waals surface area (Å²) in [6.07, 6.45) is 0.410. The third-order valence-corrected chi connectivity index (χ3v) is 3.02. The molecule has 8 nitrogen and oxygen atoms in total. The van der Waals surface area contributed by atoms with Gasteiger partial charge in [-0.15, -0.1) is 0 Å². The molecule has 0 amide bonds. The molecule has 0 aromatic carbocycles. The highest BCUT2D eigenvalue weighted by atomic mass is 32.2. The number of thioether (sulfide) groups is 1. The molecule has 2 heterocycles. The highest BCUT2D eigenvalue weighted by Gasteiger charge is 2.20. The number of hydrogen-bond donors (Lipinski definition) is 4. The second kappa shape index (κ2) is 5.61. The van der Waals surface area contributed by atoms with Crippen molar-refractivity contribution in [3.05, 3.63) is 11.9 Å². The van der Waals surface area contributed by atoms with Crippen LogP contribution >= 0.6 is 11.8 Å². The van der Waals surface area contributed by atoms with Gasteiger partial charge >= 0.3 is 0 Å². The summed E-state index contributed by atoms with van der Waals surface area (Å²) in [5.74, 6) is 0.148. The maximum Gasteiger partial charge on any atom is 0.191 e. The summed E-state index contributed by atoms with van der Waals surface area (Å²) in [5.41, 5.74) is 6.41. The molecule has 5 N–H and O–H groups in total. The number of aliphatic hydroxyl groups excluding tert-OH is 3. The van der Waals surface area contributed by atoms with Crippen LogP contribution in [0.3, 0.4) is 0 Å². The molecule has 0 radical (unpaired) electrons. The molecule has 9 heteroatoms. The maximum atomic E-state index is 9.74. The molecule has 2 rings (SSSR count). The lowest BCUT2D eigenvalue weighted by molar-refractivity contribution is -0.0173. The molecule has 102 valence electrons. The van der Waals surface area contributed by atoms with E-state index in [1.807, 2.05) is 6.26 Å². The van der Waals surface area contributed by atoms with Crippen molar-refractivity contribution in [2.24, 2.45) is 0 Å². The Kier molecular flexibility index (Phi) is 4.10. The molecule has 19 heavy (non-hydrogen) atoms. The van der Waals surface area contributed by atoms with Crippen LogP contribution in [0.5, 0.6) is 0 Å². The zero-order chi connectivity index (χ0) is 14.0. The van der Waals surface area contributed by atoms with Crippen LogP contribution in [-0.4, -0.2) is 54.2 Å². The largest absolute Gasteiger partial charge is 0.394 e. The second-order valence-corrected chi connectivity index (χ2v) is 4.53. The van der Waals surface area contributed by atoms with Crippen LogP contribution in [0.1, 0.15) is 11.8 Å². The number of fused-ring (bicyclic) bond motifs is 1. The molecular weight excluding hydrogens is 270 g/mol. The van der Waals surface area contributed by atoms with Crippen LogP contribution in [0.25, 0.3) is 11.2 Å². The van der Waals surface area contributed by atoms with Gasteiger partial charge in [0.05, 0.1) is 18.5 Å². The number of rotatable bonds is 4. The van der Waals surface area contributed by atoms with Gasteiger partial charge in [-0.2, -0.15) is 0 Å². The van der Waals surface area contributed by atoms with Crippen LogP contribution in [0.2, 0.25) is 0 Å². The van der Waals surface area contributed by atoms with E-state index in [1.165, 1.54) is 18.0 Å². The van der Waals surface area contributed by atoms with E-state index < -0.39 is 18.8 Å². The molecule has 0 unspecified atom stereocenters. The number of aliphatic hydroxyl groups is 3. The molecule has 0 spiro atoms. The van der Waals surface area contributed by atoms with E-state index in [1.54, 1.807) is 0 Å². The van der Waals surface area contributed by atoms with Crippen LogP contribution in [0.4, 0.5) is 5.82 Å². The first kappa shape index (κ1) is 13.9. The van der Waals surface area contributed by atoms with Crippen molar-refractivity contribution < 1.29 is 15.3 Å². The van der Waals surface area contributed by atoms with Crippen molar-refractivity contribution in [1.82, 2.24) is 19.9 Å². The Bertz CT molecular complexity index is 597. The minimum atomic E-state index is -1.35. The number of aromatic nitrogens is 4. The van der Waals surface area contributed by atoms with Crippen molar-refractivity contribution in [2.75, 3.05) is 18.6 Å².